The molecule has 1 fully saturated rings. The van der Waals surface area contributed by atoms with Crippen LogP contribution in [0.2, 0.25) is 0 Å². The Kier molecular flexibility index (Phi) is 8.93. The fraction of sp³-hybridized carbons (Fsp3) is 0.429. The molecule has 7 nitrogen and oxygen atoms in total. The normalized spacial score (nSPS) is 17.5. The second-order valence-electron chi connectivity index (χ2n) is 8.99. The zero-order valence-electron chi connectivity index (χ0n) is 21.3. The second-order valence-corrected chi connectivity index (χ2v) is 8.99. The largest absolute Gasteiger partial charge is 0.507 e. The smallest absolute Gasteiger partial charge is 0.295 e. The van der Waals surface area contributed by atoms with Crippen molar-refractivity contribution >= 4 is 17.4 Å². The molecule has 0 aromatic heterocycles. The first-order valence-corrected chi connectivity index (χ1v) is 12.2. The van der Waals surface area contributed by atoms with Crippen LogP contribution in [0.4, 0.5) is 0 Å². The zero-order valence-corrected chi connectivity index (χ0v) is 21.3. The number of amides is 1. The standard InChI is InChI=1S/C28H36N2O5/c1-6-29(7-2)16-17-30-25(22-10-8-9-11-23(22)34-5)24(27(32)28(30)33)26(31)20-12-14-21(15-13-20)35-18-19(3)4/h8-15,19,25,31H,6-7,16-18H2,1-5H3. The van der Waals surface area contributed by atoms with Crippen LogP contribution in [0.25, 0.3) is 5.76 Å². The van der Waals surface area contributed by atoms with Gasteiger partial charge in [0, 0.05) is 24.2 Å². The number of benzene rings is 2. The highest BCUT2D eigenvalue weighted by molar-refractivity contribution is 6.46. The van der Waals surface area contributed by atoms with Crippen LogP contribution in [0.3, 0.4) is 0 Å². The fourth-order valence-corrected chi connectivity index (χ4v) is 4.24. The molecule has 1 N–H and O–H groups in total. The van der Waals surface area contributed by atoms with Gasteiger partial charge in [-0.2, -0.15) is 0 Å². The lowest BCUT2D eigenvalue weighted by molar-refractivity contribution is -0.140. The van der Waals surface area contributed by atoms with Crippen LogP contribution in [-0.2, 0) is 9.59 Å². The summed E-state index contributed by atoms with van der Waals surface area (Å²) in [6, 6.07) is 13.5. The van der Waals surface area contributed by atoms with E-state index in [1.165, 1.54) is 0 Å². The third kappa shape index (κ3) is 5.85. The number of rotatable bonds is 11. The van der Waals surface area contributed by atoms with Gasteiger partial charge in [0.1, 0.15) is 17.3 Å². The van der Waals surface area contributed by atoms with Crippen molar-refractivity contribution in [3.8, 4) is 11.5 Å². The van der Waals surface area contributed by atoms with Crippen molar-refractivity contribution < 1.29 is 24.2 Å². The van der Waals surface area contributed by atoms with Crippen LogP contribution in [0.5, 0.6) is 11.5 Å². The first-order valence-electron chi connectivity index (χ1n) is 12.2. The predicted octanol–water partition coefficient (Wildman–Crippen LogP) is 4.49. The zero-order chi connectivity index (χ0) is 25.5. The number of likely N-dealkylation sites (tertiary alicyclic amines) is 1. The first-order chi connectivity index (χ1) is 16.8. The number of ketones is 1. The molecule has 1 amide bonds. The van der Waals surface area contributed by atoms with Gasteiger partial charge in [-0.15, -0.1) is 0 Å². The summed E-state index contributed by atoms with van der Waals surface area (Å²) in [6.45, 7) is 11.5. The Bertz CT molecular complexity index is 1060. The molecule has 0 radical (unpaired) electrons. The van der Waals surface area contributed by atoms with Crippen molar-refractivity contribution in [3.05, 3.63) is 65.2 Å². The van der Waals surface area contributed by atoms with Crippen molar-refractivity contribution in [2.45, 2.75) is 33.7 Å². The number of carbonyl (C=O) groups excluding carboxylic acids is 2. The first kappa shape index (κ1) is 26.3. The molecule has 0 spiro atoms. The molecule has 2 aromatic carbocycles. The van der Waals surface area contributed by atoms with Gasteiger partial charge in [0.2, 0.25) is 0 Å². The minimum absolute atomic E-state index is 0.0647. The van der Waals surface area contributed by atoms with E-state index in [0.29, 0.717) is 48.2 Å². The Morgan fingerprint density at radius 2 is 1.71 bits per heavy atom. The van der Waals surface area contributed by atoms with Crippen molar-refractivity contribution in [2.75, 3.05) is 39.9 Å². The summed E-state index contributed by atoms with van der Waals surface area (Å²) >= 11 is 0. The monoisotopic (exact) mass is 480 g/mol. The molecule has 1 saturated heterocycles. The van der Waals surface area contributed by atoms with Crippen LogP contribution < -0.4 is 9.47 Å². The van der Waals surface area contributed by atoms with Gasteiger partial charge in [0.05, 0.1) is 25.3 Å². The topological polar surface area (TPSA) is 79.3 Å². The Hall–Kier alpha value is -3.32. The van der Waals surface area contributed by atoms with Gasteiger partial charge in [-0.05, 0) is 49.3 Å². The molecule has 1 aliphatic rings. The number of likely N-dealkylation sites (N-methyl/N-ethyl adjacent to an activating group) is 1. The summed E-state index contributed by atoms with van der Waals surface area (Å²) in [6.07, 6.45) is 0. The number of hydrogen-bond acceptors (Lipinski definition) is 6. The number of methoxy groups -OCH3 is 1. The maximum absolute atomic E-state index is 13.3. The summed E-state index contributed by atoms with van der Waals surface area (Å²) in [4.78, 5) is 30.2. The van der Waals surface area contributed by atoms with Gasteiger partial charge in [0.25, 0.3) is 11.7 Å². The number of aliphatic hydroxyl groups excluding tert-OH is 1. The quantitative estimate of drug-likeness (QED) is 0.290. The molecule has 1 aliphatic heterocycles. The van der Waals surface area contributed by atoms with E-state index in [9.17, 15) is 14.7 Å². The molecule has 35 heavy (non-hydrogen) atoms. The predicted molar refractivity (Wildman–Crippen MR) is 137 cm³/mol. The van der Waals surface area contributed by atoms with E-state index in [2.05, 4.69) is 32.6 Å². The molecule has 2 aromatic rings. The molecule has 0 saturated carbocycles. The molecule has 1 unspecified atom stereocenters. The lowest BCUT2D eigenvalue weighted by atomic mass is 9.94. The molecule has 0 aliphatic carbocycles. The van der Waals surface area contributed by atoms with Gasteiger partial charge in [-0.1, -0.05) is 45.9 Å². The number of carbonyl (C=O) groups is 2. The molecule has 1 atom stereocenters. The van der Waals surface area contributed by atoms with E-state index in [-0.39, 0.29) is 11.3 Å². The molecule has 0 bridgehead atoms. The molecule has 1 heterocycles. The summed E-state index contributed by atoms with van der Waals surface area (Å²) < 4.78 is 11.3. The van der Waals surface area contributed by atoms with E-state index in [4.69, 9.17) is 9.47 Å². The van der Waals surface area contributed by atoms with E-state index >= 15 is 0 Å². The van der Waals surface area contributed by atoms with Crippen molar-refractivity contribution in [3.63, 3.8) is 0 Å². The van der Waals surface area contributed by atoms with Crippen LogP contribution in [-0.4, -0.2) is 66.5 Å². The van der Waals surface area contributed by atoms with E-state index in [0.717, 1.165) is 13.1 Å². The maximum Gasteiger partial charge on any atom is 0.295 e. The number of ether oxygens (including phenoxy) is 2. The average Bonchev–Trinajstić information content (AvgIpc) is 3.12. The van der Waals surface area contributed by atoms with Crippen LogP contribution >= 0.6 is 0 Å². The summed E-state index contributed by atoms with van der Waals surface area (Å²) in [5.41, 5.74) is 1.17. The molecule has 188 valence electrons. The third-order valence-electron chi connectivity index (χ3n) is 6.24. The highest BCUT2D eigenvalue weighted by atomic mass is 16.5. The maximum atomic E-state index is 13.3. The molecular formula is C28H36N2O5. The van der Waals surface area contributed by atoms with E-state index in [1.807, 2.05) is 18.2 Å². The molecule has 3 rings (SSSR count). The van der Waals surface area contributed by atoms with Crippen LogP contribution in [0.1, 0.15) is 44.9 Å². The lowest BCUT2D eigenvalue weighted by Crippen LogP contribution is -2.38. The SMILES string of the molecule is CCN(CC)CCN1C(=O)C(=O)C(=C(O)c2ccc(OCC(C)C)cc2)C1c1ccccc1OC. The van der Waals surface area contributed by atoms with Crippen molar-refractivity contribution in [1.82, 2.24) is 9.80 Å². The van der Waals surface area contributed by atoms with Crippen LogP contribution in [0, 0.1) is 5.92 Å². The van der Waals surface area contributed by atoms with Gasteiger partial charge in [-0.25, -0.2) is 0 Å². The minimum atomic E-state index is -0.751. The Morgan fingerprint density at radius 1 is 1.06 bits per heavy atom. The number of Topliss-reactive ketones (excluding diaryl/α,β-unsaturated/α-hetero) is 1. The second kappa shape index (κ2) is 11.9. The molecule has 7 heteroatoms. The van der Waals surface area contributed by atoms with Gasteiger partial charge >= 0.3 is 0 Å². The summed E-state index contributed by atoms with van der Waals surface area (Å²) in [7, 11) is 1.55. The number of nitrogens with zero attached hydrogens (tertiary/aromatic N) is 2. The fourth-order valence-electron chi connectivity index (χ4n) is 4.24. The highest BCUT2D eigenvalue weighted by Gasteiger charge is 2.46. The average molecular weight is 481 g/mol. The van der Waals surface area contributed by atoms with Crippen molar-refractivity contribution in [1.29, 1.82) is 0 Å². The summed E-state index contributed by atoms with van der Waals surface area (Å²) in [5.74, 6) is 0.0904. The van der Waals surface area contributed by atoms with Gasteiger partial charge in [0.15, 0.2) is 0 Å². The van der Waals surface area contributed by atoms with Crippen molar-refractivity contribution in [2.24, 2.45) is 5.92 Å². The highest BCUT2D eigenvalue weighted by Crippen LogP contribution is 2.42. The molecular weight excluding hydrogens is 444 g/mol. The summed E-state index contributed by atoms with van der Waals surface area (Å²) in [5, 5.41) is 11.3. The lowest BCUT2D eigenvalue weighted by Gasteiger charge is -2.29. The third-order valence-corrected chi connectivity index (χ3v) is 6.24. The van der Waals surface area contributed by atoms with E-state index in [1.54, 1.807) is 42.3 Å². The number of para-hydroxylation sites is 1. The van der Waals surface area contributed by atoms with Crippen LogP contribution in [0.15, 0.2) is 54.1 Å². The Labute approximate surface area is 207 Å². The Morgan fingerprint density at radius 3 is 2.31 bits per heavy atom. The van der Waals surface area contributed by atoms with Gasteiger partial charge < -0.3 is 24.4 Å². The van der Waals surface area contributed by atoms with Gasteiger partial charge in [-0.3, -0.25) is 9.59 Å². The number of aliphatic hydroxyl groups is 1. The number of hydrogen-bond donors (Lipinski definition) is 1. The Balaban J connectivity index is 2.05. The van der Waals surface area contributed by atoms with E-state index < -0.39 is 17.7 Å². The minimum Gasteiger partial charge on any atom is -0.507 e.